The number of nitrogens with zero attached hydrogens (tertiary/aromatic N) is 1. The van der Waals surface area contributed by atoms with E-state index in [4.69, 9.17) is 0 Å². The zero-order valence-corrected chi connectivity index (χ0v) is 19.9. The van der Waals surface area contributed by atoms with Crippen LogP contribution in [0, 0.1) is 5.82 Å². The minimum Gasteiger partial charge on any atom is -0.358 e. The second-order valence-corrected chi connectivity index (χ2v) is 8.88. The van der Waals surface area contributed by atoms with Gasteiger partial charge in [0.15, 0.2) is 0 Å². The number of likely N-dealkylation sites (N-methyl/N-ethyl adjacent to an activating group) is 1. The van der Waals surface area contributed by atoms with E-state index < -0.39 is 0 Å². The second-order valence-electron chi connectivity index (χ2n) is 8.88. The number of aromatic nitrogens is 1. The van der Waals surface area contributed by atoms with E-state index in [1.165, 1.54) is 41.1 Å². The van der Waals surface area contributed by atoms with Gasteiger partial charge in [0.25, 0.3) is 5.91 Å². The SMILES string of the molecule is CCCCc1[nH]c2ccc(NC(=O)c3ccc(F)cc3)cc2c1CCN(C)Cc1ccccc1. The highest BCUT2D eigenvalue weighted by atomic mass is 19.1. The molecule has 5 heteroatoms. The maximum atomic E-state index is 13.2. The highest BCUT2D eigenvalue weighted by Crippen LogP contribution is 2.28. The first-order chi connectivity index (χ1) is 16.5. The van der Waals surface area contributed by atoms with Crippen molar-refractivity contribution in [3.05, 3.63) is 101 Å². The summed E-state index contributed by atoms with van der Waals surface area (Å²) in [6.07, 6.45) is 4.22. The minimum atomic E-state index is -0.355. The van der Waals surface area contributed by atoms with Crippen molar-refractivity contribution in [3.63, 3.8) is 0 Å². The molecule has 2 N–H and O–H groups in total. The van der Waals surface area contributed by atoms with Gasteiger partial charge in [0.2, 0.25) is 0 Å². The molecule has 3 aromatic carbocycles. The molecule has 4 aromatic rings. The van der Waals surface area contributed by atoms with Gasteiger partial charge >= 0.3 is 0 Å². The van der Waals surface area contributed by atoms with Gasteiger partial charge in [0, 0.05) is 40.9 Å². The van der Waals surface area contributed by atoms with Crippen LogP contribution < -0.4 is 5.32 Å². The van der Waals surface area contributed by atoms with E-state index in [2.05, 4.69) is 59.5 Å². The summed E-state index contributed by atoms with van der Waals surface area (Å²) in [5.41, 5.74) is 6.17. The zero-order chi connectivity index (χ0) is 23.9. The number of fused-ring (bicyclic) bond motifs is 1. The van der Waals surface area contributed by atoms with Crippen LogP contribution in [0.15, 0.2) is 72.8 Å². The van der Waals surface area contributed by atoms with Gasteiger partial charge < -0.3 is 15.2 Å². The van der Waals surface area contributed by atoms with Gasteiger partial charge in [-0.15, -0.1) is 0 Å². The third-order valence-corrected chi connectivity index (χ3v) is 6.18. The van der Waals surface area contributed by atoms with E-state index in [1.54, 1.807) is 0 Å². The van der Waals surface area contributed by atoms with Crippen molar-refractivity contribution < 1.29 is 9.18 Å². The predicted octanol–water partition coefficient (Wildman–Crippen LogP) is 6.58. The number of carbonyl (C=O) groups is 1. The predicted molar refractivity (Wildman–Crippen MR) is 138 cm³/mol. The topological polar surface area (TPSA) is 48.1 Å². The van der Waals surface area contributed by atoms with Crippen LogP contribution in [0.4, 0.5) is 10.1 Å². The van der Waals surface area contributed by atoms with Crippen molar-refractivity contribution in [2.24, 2.45) is 0 Å². The molecule has 0 saturated heterocycles. The molecule has 0 atom stereocenters. The number of H-pyrrole nitrogens is 1. The van der Waals surface area contributed by atoms with Crippen molar-refractivity contribution in [1.82, 2.24) is 9.88 Å². The summed E-state index contributed by atoms with van der Waals surface area (Å²) in [6.45, 7) is 4.05. The van der Waals surface area contributed by atoms with Crippen LogP contribution in [0.25, 0.3) is 10.9 Å². The number of nitrogens with one attached hydrogen (secondary N) is 2. The van der Waals surface area contributed by atoms with Crippen LogP contribution in [-0.2, 0) is 19.4 Å². The molecule has 0 spiro atoms. The largest absolute Gasteiger partial charge is 0.358 e. The molecule has 0 fully saturated rings. The highest BCUT2D eigenvalue weighted by molar-refractivity contribution is 6.05. The first-order valence-electron chi connectivity index (χ1n) is 12.0. The fraction of sp³-hybridized carbons (Fsp3) is 0.276. The number of anilines is 1. The van der Waals surface area contributed by atoms with Crippen molar-refractivity contribution >= 4 is 22.5 Å². The monoisotopic (exact) mass is 457 g/mol. The number of hydrogen-bond donors (Lipinski definition) is 2. The van der Waals surface area contributed by atoms with Crippen LogP contribution in [0.2, 0.25) is 0 Å². The van der Waals surface area contributed by atoms with Gasteiger partial charge in [-0.25, -0.2) is 4.39 Å². The number of aromatic amines is 1. The summed E-state index contributed by atoms with van der Waals surface area (Å²) >= 11 is 0. The molecule has 0 aliphatic carbocycles. The van der Waals surface area contributed by atoms with E-state index in [1.807, 2.05) is 18.2 Å². The fourth-order valence-electron chi connectivity index (χ4n) is 4.32. The summed E-state index contributed by atoms with van der Waals surface area (Å²) in [6, 6.07) is 22.1. The lowest BCUT2D eigenvalue weighted by atomic mass is 10.0. The Kier molecular flexibility index (Phi) is 7.76. The number of hydrogen-bond acceptors (Lipinski definition) is 2. The van der Waals surface area contributed by atoms with E-state index in [-0.39, 0.29) is 11.7 Å². The lowest BCUT2D eigenvalue weighted by Crippen LogP contribution is -2.21. The molecule has 1 heterocycles. The lowest BCUT2D eigenvalue weighted by molar-refractivity contribution is 0.102. The van der Waals surface area contributed by atoms with Crippen molar-refractivity contribution in [2.45, 2.75) is 39.2 Å². The molecule has 0 aliphatic rings. The Balaban J connectivity index is 1.54. The molecule has 1 aromatic heterocycles. The highest BCUT2D eigenvalue weighted by Gasteiger charge is 2.14. The summed E-state index contributed by atoms with van der Waals surface area (Å²) < 4.78 is 13.2. The average molecular weight is 458 g/mol. The molecule has 0 aliphatic heterocycles. The van der Waals surface area contributed by atoms with Crippen molar-refractivity contribution in [3.8, 4) is 0 Å². The third kappa shape index (κ3) is 5.91. The Morgan fingerprint density at radius 2 is 1.76 bits per heavy atom. The molecule has 4 nitrogen and oxygen atoms in total. The smallest absolute Gasteiger partial charge is 0.255 e. The molecular formula is C29H32FN3O. The van der Waals surface area contributed by atoms with Gasteiger partial charge in [-0.05, 0) is 79.9 Å². The number of halogens is 1. The Labute approximate surface area is 200 Å². The van der Waals surface area contributed by atoms with Gasteiger partial charge in [0.05, 0.1) is 0 Å². The van der Waals surface area contributed by atoms with E-state index in [9.17, 15) is 9.18 Å². The zero-order valence-electron chi connectivity index (χ0n) is 19.9. The van der Waals surface area contributed by atoms with Gasteiger partial charge in [-0.1, -0.05) is 43.7 Å². The molecular weight excluding hydrogens is 425 g/mol. The maximum Gasteiger partial charge on any atom is 0.255 e. The quantitative estimate of drug-likeness (QED) is 0.283. The van der Waals surface area contributed by atoms with Gasteiger partial charge in [-0.3, -0.25) is 4.79 Å². The van der Waals surface area contributed by atoms with Gasteiger partial charge in [0.1, 0.15) is 5.82 Å². The molecule has 0 unspecified atom stereocenters. The van der Waals surface area contributed by atoms with E-state index >= 15 is 0 Å². The molecule has 34 heavy (non-hydrogen) atoms. The fourth-order valence-corrected chi connectivity index (χ4v) is 4.32. The maximum absolute atomic E-state index is 13.2. The summed E-state index contributed by atoms with van der Waals surface area (Å²) in [5, 5.41) is 4.11. The molecule has 0 bridgehead atoms. The van der Waals surface area contributed by atoms with E-state index in [0.717, 1.165) is 55.4 Å². The van der Waals surface area contributed by atoms with Crippen molar-refractivity contribution in [2.75, 3.05) is 18.9 Å². The molecule has 0 radical (unpaired) electrons. The van der Waals surface area contributed by atoms with Crippen LogP contribution in [-0.4, -0.2) is 29.4 Å². The number of carbonyl (C=O) groups excluding carboxylic acids is 1. The first kappa shape index (κ1) is 23.7. The summed E-state index contributed by atoms with van der Waals surface area (Å²) in [5.74, 6) is -0.600. The van der Waals surface area contributed by atoms with Crippen LogP contribution in [0.3, 0.4) is 0 Å². The second kappa shape index (κ2) is 11.1. The summed E-state index contributed by atoms with van der Waals surface area (Å²) in [7, 11) is 2.15. The van der Waals surface area contributed by atoms with Gasteiger partial charge in [-0.2, -0.15) is 0 Å². The minimum absolute atomic E-state index is 0.245. The number of amides is 1. The number of rotatable bonds is 10. The van der Waals surface area contributed by atoms with Crippen LogP contribution in [0.1, 0.15) is 46.9 Å². The summed E-state index contributed by atoms with van der Waals surface area (Å²) in [4.78, 5) is 18.6. The van der Waals surface area contributed by atoms with E-state index in [0.29, 0.717) is 5.56 Å². The Hall–Kier alpha value is -3.44. The Morgan fingerprint density at radius 3 is 2.50 bits per heavy atom. The molecule has 4 rings (SSSR count). The number of aryl methyl sites for hydroxylation is 1. The normalized spacial score (nSPS) is 11.3. The molecule has 176 valence electrons. The standard InChI is InChI=1S/C29H32FN3O/c1-3-4-10-27-25(17-18-33(2)20-21-8-6-5-7-9-21)26-19-24(15-16-28(26)32-27)31-29(34)22-11-13-23(30)14-12-22/h5-9,11-16,19,32H,3-4,10,17-18,20H2,1-2H3,(H,31,34). The number of benzene rings is 3. The molecule has 0 saturated carbocycles. The molecule has 1 amide bonds. The third-order valence-electron chi connectivity index (χ3n) is 6.18. The average Bonchev–Trinajstić information content (AvgIpc) is 3.19. The first-order valence-corrected chi connectivity index (χ1v) is 12.0. The number of unbranched alkanes of at least 4 members (excludes halogenated alkanes) is 1. The van der Waals surface area contributed by atoms with Crippen LogP contribution >= 0.6 is 0 Å². The lowest BCUT2D eigenvalue weighted by Gasteiger charge is -2.17. The van der Waals surface area contributed by atoms with Crippen LogP contribution in [0.5, 0.6) is 0 Å². The Bertz CT molecular complexity index is 1230. The van der Waals surface area contributed by atoms with Crippen molar-refractivity contribution in [1.29, 1.82) is 0 Å². The Morgan fingerprint density at radius 1 is 1.00 bits per heavy atom.